The summed E-state index contributed by atoms with van der Waals surface area (Å²) in [5.74, 6) is -0.660. The van der Waals surface area contributed by atoms with Crippen LogP contribution in [0, 0.1) is 40.9 Å². The third-order valence-corrected chi connectivity index (χ3v) is 7.78. The van der Waals surface area contributed by atoms with E-state index in [1.165, 1.54) is 23.1 Å². The lowest BCUT2D eigenvalue weighted by atomic mass is 9.90. The minimum Gasteiger partial charge on any atom is -0.383 e. The molecule has 1 atom stereocenters. The number of hydrogen-bond donors (Lipinski definition) is 2. The zero-order valence-electron chi connectivity index (χ0n) is 23.1. The van der Waals surface area contributed by atoms with E-state index < -0.39 is 24.0 Å². The molecule has 9 nitrogen and oxygen atoms in total. The molecule has 1 fully saturated rings. The molecule has 0 radical (unpaired) electrons. The average Bonchev–Trinajstić information content (AvgIpc) is 3.61. The molecule has 1 saturated carbocycles. The van der Waals surface area contributed by atoms with Gasteiger partial charge in [0.05, 0.1) is 40.1 Å². The Morgan fingerprint density at radius 1 is 1.21 bits per heavy atom. The van der Waals surface area contributed by atoms with Gasteiger partial charge in [0.15, 0.2) is 0 Å². The number of aryl methyl sites for hydroxylation is 1. The average molecular weight is 594 g/mol. The maximum atomic E-state index is 13.9. The Hall–Kier alpha value is -4.42. The monoisotopic (exact) mass is 593 g/mol. The lowest BCUT2D eigenvalue weighted by molar-refractivity contribution is 0.0593. The van der Waals surface area contributed by atoms with Crippen molar-refractivity contribution in [2.75, 3.05) is 17.2 Å². The van der Waals surface area contributed by atoms with Crippen LogP contribution in [0.25, 0.3) is 10.9 Å². The number of nitrogens with one attached hydrogen (secondary N) is 2. The largest absolute Gasteiger partial charge is 0.383 e. The zero-order valence-corrected chi connectivity index (χ0v) is 23.8. The van der Waals surface area contributed by atoms with Gasteiger partial charge in [-0.1, -0.05) is 36.7 Å². The first-order chi connectivity index (χ1) is 20.0. The molecule has 0 saturated heterocycles. The Balaban J connectivity index is 1.59. The van der Waals surface area contributed by atoms with Crippen LogP contribution in [0.3, 0.4) is 0 Å². The molecule has 3 aromatic heterocycles. The highest BCUT2D eigenvalue weighted by molar-refractivity contribution is 6.35. The van der Waals surface area contributed by atoms with E-state index in [1.807, 2.05) is 13.8 Å². The van der Waals surface area contributed by atoms with Crippen LogP contribution in [0.4, 0.5) is 24.5 Å². The van der Waals surface area contributed by atoms with Gasteiger partial charge in [0.25, 0.3) is 6.43 Å². The van der Waals surface area contributed by atoms with Crippen molar-refractivity contribution < 1.29 is 13.2 Å². The Morgan fingerprint density at radius 3 is 2.62 bits per heavy atom. The molecule has 5 rings (SSSR count). The van der Waals surface area contributed by atoms with Crippen molar-refractivity contribution in [2.24, 2.45) is 5.41 Å². The molecule has 13 heteroatoms. The van der Waals surface area contributed by atoms with Gasteiger partial charge in [-0.25, -0.2) is 18.4 Å². The summed E-state index contributed by atoms with van der Waals surface area (Å²) in [6.07, 6.45) is 1.20. The molecule has 0 spiro atoms. The third kappa shape index (κ3) is 5.55. The molecule has 0 aliphatic heterocycles. The van der Waals surface area contributed by atoms with Gasteiger partial charge in [-0.15, -0.1) is 5.10 Å². The highest BCUT2D eigenvalue weighted by Crippen LogP contribution is 2.48. The first-order valence-corrected chi connectivity index (χ1v) is 13.6. The number of aromatic nitrogens is 5. The first kappa shape index (κ1) is 29.1. The normalized spacial score (nSPS) is 14.8. The van der Waals surface area contributed by atoms with Crippen LogP contribution in [0.1, 0.15) is 61.7 Å². The van der Waals surface area contributed by atoms with Crippen molar-refractivity contribution in [3.05, 3.63) is 70.1 Å². The second-order valence-electron chi connectivity index (χ2n) is 11.2. The Morgan fingerprint density at radius 2 is 1.98 bits per heavy atom. The van der Waals surface area contributed by atoms with Gasteiger partial charge in [-0.2, -0.15) is 14.9 Å². The van der Waals surface area contributed by atoms with E-state index in [-0.39, 0.29) is 18.3 Å². The molecule has 4 aromatic rings. The summed E-state index contributed by atoms with van der Waals surface area (Å²) in [5, 5.41) is 34.7. The lowest BCUT2D eigenvalue weighted by Gasteiger charge is -2.24. The van der Waals surface area contributed by atoms with Gasteiger partial charge in [0.2, 0.25) is 5.95 Å². The molecule has 42 heavy (non-hydrogen) atoms. The van der Waals surface area contributed by atoms with Crippen LogP contribution in [-0.2, 0) is 5.54 Å². The highest BCUT2D eigenvalue weighted by atomic mass is 35.5. The maximum Gasteiger partial charge on any atom is 0.263 e. The number of benzene rings is 1. The summed E-state index contributed by atoms with van der Waals surface area (Å²) < 4.78 is 42.7. The Labute approximate surface area is 245 Å². The fourth-order valence-electron chi connectivity index (χ4n) is 4.85. The van der Waals surface area contributed by atoms with Gasteiger partial charge >= 0.3 is 0 Å². The van der Waals surface area contributed by atoms with Crippen molar-refractivity contribution >= 4 is 33.9 Å². The van der Waals surface area contributed by atoms with Gasteiger partial charge in [0.1, 0.15) is 17.3 Å². The number of fused-ring (bicyclic) bond motifs is 1. The topological polar surface area (TPSA) is 128 Å². The standard InChI is InChI=1S/C29H27ClF3N9/c1-16-19(4-5-23(31)38-16)26(22-14-42(41-40-22)29(6-7-29)27(32)33)39-18-10-20-24(37-15-28(2,3)8-9-34)17(12-35)13-36-25(20)21(30)11-18/h4-5,10-11,13-14,26-27,39H,6-8,15H2,1-3H3,(H,36,37). The van der Waals surface area contributed by atoms with Crippen molar-refractivity contribution in [1.82, 2.24) is 25.0 Å². The quantitative estimate of drug-likeness (QED) is 0.199. The predicted octanol–water partition coefficient (Wildman–Crippen LogP) is 6.50. The van der Waals surface area contributed by atoms with E-state index >= 15 is 0 Å². The summed E-state index contributed by atoms with van der Waals surface area (Å²) >= 11 is 6.67. The molecule has 1 aliphatic rings. The van der Waals surface area contributed by atoms with Crippen LogP contribution in [0.5, 0.6) is 0 Å². The van der Waals surface area contributed by atoms with E-state index in [2.05, 4.69) is 43.1 Å². The Bertz CT molecular complexity index is 1730. The van der Waals surface area contributed by atoms with Crippen molar-refractivity contribution in [2.45, 2.75) is 58.0 Å². The van der Waals surface area contributed by atoms with E-state index in [0.29, 0.717) is 62.8 Å². The number of nitriles is 2. The van der Waals surface area contributed by atoms with Crippen molar-refractivity contribution in [1.29, 1.82) is 10.5 Å². The summed E-state index contributed by atoms with van der Waals surface area (Å²) in [6, 6.07) is 9.75. The number of rotatable bonds is 10. The molecule has 216 valence electrons. The molecule has 1 unspecified atom stereocenters. The molecule has 3 heterocycles. The summed E-state index contributed by atoms with van der Waals surface area (Å²) in [6.45, 7) is 5.92. The molecular weight excluding hydrogens is 567 g/mol. The number of anilines is 2. The van der Waals surface area contributed by atoms with E-state index in [0.717, 1.165) is 0 Å². The third-order valence-electron chi connectivity index (χ3n) is 7.49. The van der Waals surface area contributed by atoms with Gasteiger partial charge in [0, 0.05) is 41.5 Å². The smallest absolute Gasteiger partial charge is 0.263 e. The minimum absolute atomic E-state index is 0.290. The lowest BCUT2D eigenvalue weighted by Crippen LogP contribution is -2.26. The van der Waals surface area contributed by atoms with Crippen LogP contribution >= 0.6 is 11.6 Å². The molecule has 1 aliphatic carbocycles. The predicted molar refractivity (Wildman–Crippen MR) is 152 cm³/mol. The van der Waals surface area contributed by atoms with Gasteiger partial charge < -0.3 is 10.6 Å². The van der Waals surface area contributed by atoms with Crippen LogP contribution in [0.15, 0.2) is 36.7 Å². The number of hydrogen-bond acceptors (Lipinski definition) is 8. The van der Waals surface area contributed by atoms with E-state index in [1.54, 1.807) is 25.1 Å². The molecule has 0 bridgehead atoms. The Kier molecular flexibility index (Phi) is 7.69. The summed E-state index contributed by atoms with van der Waals surface area (Å²) in [7, 11) is 0. The van der Waals surface area contributed by atoms with Crippen molar-refractivity contribution in [3.63, 3.8) is 0 Å². The minimum atomic E-state index is -2.60. The van der Waals surface area contributed by atoms with Gasteiger partial charge in [-0.3, -0.25) is 4.98 Å². The number of halogens is 4. The molecular formula is C29H27ClF3N9. The van der Waals surface area contributed by atoms with Crippen LogP contribution in [-0.4, -0.2) is 37.9 Å². The van der Waals surface area contributed by atoms with Crippen molar-refractivity contribution in [3.8, 4) is 12.1 Å². The zero-order chi connectivity index (χ0) is 30.2. The molecule has 1 aromatic carbocycles. The summed E-state index contributed by atoms with van der Waals surface area (Å²) in [4.78, 5) is 8.32. The number of pyridine rings is 2. The SMILES string of the molecule is Cc1nc(F)ccc1C(Nc1cc(Cl)c2ncc(C#N)c(NCC(C)(C)CC#N)c2c1)c1cn(C2(C(F)F)CC2)nn1. The highest BCUT2D eigenvalue weighted by Gasteiger charge is 2.54. The fraction of sp³-hybridized carbons (Fsp3) is 0.379. The first-order valence-electron chi connectivity index (χ1n) is 13.2. The van der Waals surface area contributed by atoms with Crippen LogP contribution in [0.2, 0.25) is 5.02 Å². The second kappa shape index (κ2) is 11.1. The van der Waals surface area contributed by atoms with Gasteiger partial charge in [-0.05, 0) is 43.4 Å². The number of nitrogens with zero attached hydrogens (tertiary/aromatic N) is 7. The van der Waals surface area contributed by atoms with E-state index in [9.17, 15) is 23.7 Å². The summed E-state index contributed by atoms with van der Waals surface area (Å²) in [5.41, 5.74) is 1.27. The van der Waals surface area contributed by atoms with Crippen LogP contribution < -0.4 is 10.6 Å². The number of alkyl halides is 2. The second-order valence-corrected chi connectivity index (χ2v) is 11.7. The molecule has 0 amide bonds. The molecule has 2 N–H and O–H groups in total. The maximum absolute atomic E-state index is 13.9. The van der Waals surface area contributed by atoms with E-state index in [4.69, 9.17) is 11.6 Å². The fourth-order valence-corrected chi connectivity index (χ4v) is 5.12.